The summed E-state index contributed by atoms with van der Waals surface area (Å²) in [5, 5.41) is 0.745. The van der Waals surface area contributed by atoms with E-state index in [1.165, 1.54) is 12.1 Å². The van der Waals surface area contributed by atoms with Crippen LogP contribution in [0.2, 0.25) is 0 Å². The van der Waals surface area contributed by atoms with Crippen LogP contribution in [0, 0.1) is 0 Å². The van der Waals surface area contributed by atoms with Gasteiger partial charge in [0.25, 0.3) is 0 Å². The van der Waals surface area contributed by atoms with E-state index in [2.05, 4.69) is 15.9 Å². The minimum absolute atomic E-state index is 0.0487. The standard InChI is InChI=1S/C16H11BrO4S/c17-12-6-7-15-11(8-12)9-16(21-15)14(18)10-22(19,20)13-4-2-1-3-5-13/h1-9H,10H2. The highest BCUT2D eigenvalue weighted by molar-refractivity contribution is 9.10. The van der Waals surface area contributed by atoms with Crippen LogP contribution in [0.4, 0.5) is 0 Å². The van der Waals surface area contributed by atoms with Gasteiger partial charge in [0.15, 0.2) is 15.6 Å². The molecule has 0 saturated carbocycles. The highest BCUT2D eigenvalue weighted by Gasteiger charge is 2.22. The normalized spacial score (nSPS) is 11.7. The summed E-state index contributed by atoms with van der Waals surface area (Å²) in [6, 6.07) is 14.8. The van der Waals surface area contributed by atoms with Gasteiger partial charge in [-0.25, -0.2) is 8.42 Å². The molecular formula is C16H11BrO4S. The maximum Gasteiger partial charge on any atom is 0.213 e. The van der Waals surface area contributed by atoms with Crippen molar-refractivity contribution in [1.29, 1.82) is 0 Å². The van der Waals surface area contributed by atoms with Gasteiger partial charge in [0, 0.05) is 9.86 Å². The summed E-state index contributed by atoms with van der Waals surface area (Å²) in [6.07, 6.45) is 0. The van der Waals surface area contributed by atoms with Crippen LogP contribution in [-0.4, -0.2) is 20.0 Å². The smallest absolute Gasteiger partial charge is 0.213 e. The lowest BCUT2D eigenvalue weighted by Gasteiger charge is -2.01. The first-order valence-corrected chi connectivity index (χ1v) is 8.90. The molecule has 0 aliphatic rings. The van der Waals surface area contributed by atoms with Crippen molar-refractivity contribution in [3.05, 3.63) is 64.8 Å². The predicted octanol–water partition coefficient (Wildman–Crippen LogP) is 3.85. The molecule has 3 aromatic rings. The number of carbonyl (C=O) groups excluding carboxylic acids is 1. The summed E-state index contributed by atoms with van der Waals surface area (Å²) in [5.41, 5.74) is 0.545. The topological polar surface area (TPSA) is 64.3 Å². The molecule has 0 aliphatic heterocycles. The fourth-order valence-electron chi connectivity index (χ4n) is 2.11. The van der Waals surface area contributed by atoms with Crippen LogP contribution in [0.25, 0.3) is 11.0 Å². The van der Waals surface area contributed by atoms with Gasteiger partial charge in [-0.2, -0.15) is 0 Å². The molecule has 0 fully saturated rings. The molecule has 4 nitrogen and oxygen atoms in total. The van der Waals surface area contributed by atoms with Crippen molar-refractivity contribution >= 4 is 42.5 Å². The molecule has 0 N–H and O–H groups in total. The van der Waals surface area contributed by atoms with E-state index in [4.69, 9.17) is 4.42 Å². The van der Waals surface area contributed by atoms with E-state index in [1.807, 2.05) is 0 Å². The van der Waals surface area contributed by atoms with Gasteiger partial charge in [-0.1, -0.05) is 34.1 Å². The van der Waals surface area contributed by atoms with E-state index in [0.717, 1.165) is 9.86 Å². The first-order valence-electron chi connectivity index (χ1n) is 6.46. The first kappa shape index (κ1) is 15.0. The van der Waals surface area contributed by atoms with Gasteiger partial charge in [-0.15, -0.1) is 0 Å². The molecule has 2 aromatic carbocycles. The van der Waals surface area contributed by atoms with Crippen molar-refractivity contribution in [2.45, 2.75) is 4.90 Å². The van der Waals surface area contributed by atoms with E-state index in [-0.39, 0.29) is 10.7 Å². The molecule has 112 valence electrons. The van der Waals surface area contributed by atoms with Crippen LogP contribution in [0.15, 0.2) is 68.4 Å². The first-order chi connectivity index (χ1) is 10.5. The van der Waals surface area contributed by atoms with Crippen LogP contribution >= 0.6 is 15.9 Å². The Morgan fingerprint density at radius 3 is 2.50 bits per heavy atom. The largest absolute Gasteiger partial charge is 0.453 e. The molecule has 0 radical (unpaired) electrons. The molecule has 6 heteroatoms. The number of ketones is 1. The lowest BCUT2D eigenvalue weighted by atomic mass is 10.2. The number of sulfone groups is 1. The molecule has 0 atom stereocenters. The Morgan fingerprint density at radius 2 is 1.77 bits per heavy atom. The van der Waals surface area contributed by atoms with Crippen molar-refractivity contribution < 1.29 is 17.6 Å². The molecule has 1 heterocycles. The van der Waals surface area contributed by atoms with E-state index in [1.54, 1.807) is 42.5 Å². The molecule has 3 rings (SSSR count). The molecule has 1 aromatic heterocycles. The number of carbonyl (C=O) groups is 1. The molecule has 0 unspecified atom stereocenters. The Hall–Kier alpha value is -1.92. The Morgan fingerprint density at radius 1 is 1.05 bits per heavy atom. The van der Waals surface area contributed by atoms with Crippen LogP contribution in [-0.2, 0) is 9.84 Å². The van der Waals surface area contributed by atoms with E-state index < -0.39 is 21.4 Å². The minimum atomic E-state index is -3.67. The highest BCUT2D eigenvalue weighted by Crippen LogP contribution is 2.24. The number of benzene rings is 2. The Kier molecular flexibility index (Phi) is 3.88. The SMILES string of the molecule is O=C(CS(=O)(=O)c1ccccc1)c1cc2cc(Br)ccc2o1. The van der Waals surface area contributed by atoms with Crippen LogP contribution in [0.1, 0.15) is 10.6 Å². The molecule has 0 bridgehead atoms. The number of halogens is 1. The zero-order chi connectivity index (χ0) is 15.7. The zero-order valence-electron chi connectivity index (χ0n) is 11.3. The Bertz CT molecular complexity index is 943. The summed E-state index contributed by atoms with van der Waals surface area (Å²) < 4.78 is 30.7. The average molecular weight is 379 g/mol. The van der Waals surface area contributed by atoms with Crippen molar-refractivity contribution in [2.75, 3.05) is 5.75 Å². The number of hydrogen-bond acceptors (Lipinski definition) is 4. The quantitative estimate of drug-likeness (QED) is 0.646. The van der Waals surface area contributed by atoms with Crippen molar-refractivity contribution in [3.8, 4) is 0 Å². The monoisotopic (exact) mass is 378 g/mol. The van der Waals surface area contributed by atoms with Gasteiger partial charge in [-0.3, -0.25) is 4.79 Å². The third kappa shape index (κ3) is 2.98. The summed E-state index contributed by atoms with van der Waals surface area (Å²) in [5.74, 6) is -1.12. The lowest BCUT2D eigenvalue weighted by Crippen LogP contribution is -2.15. The molecule has 0 amide bonds. The fraction of sp³-hybridized carbons (Fsp3) is 0.0625. The number of fused-ring (bicyclic) bond motifs is 1. The van der Waals surface area contributed by atoms with Gasteiger partial charge < -0.3 is 4.42 Å². The summed E-state index contributed by atoms with van der Waals surface area (Å²) in [7, 11) is -3.67. The molecule has 0 saturated heterocycles. The van der Waals surface area contributed by atoms with Gasteiger partial charge in [0.2, 0.25) is 5.78 Å². The number of rotatable bonds is 4. The molecule has 0 spiro atoms. The second-order valence-corrected chi connectivity index (χ2v) is 7.69. The predicted molar refractivity (Wildman–Crippen MR) is 86.7 cm³/mol. The number of Topliss-reactive ketones (excluding diaryl/α,β-unsaturated/α-hetero) is 1. The second-order valence-electron chi connectivity index (χ2n) is 4.79. The average Bonchev–Trinajstić information content (AvgIpc) is 2.91. The van der Waals surface area contributed by atoms with Crippen molar-refractivity contribution in [2.24, 2.45) is 0 Å². The Labute approximate surface area is 135 Å². The van der Waals surface area contributed by atoms with Crippen LogP contribution < -0.4 is 0 Å². The van der Waals surface area contributed by atoms with Crippen molar-refractivity contribution in [1.82, 2.24) is 0 Å². The maximum atomic E-state index is 12.2. The van der Waals surface area contributed by atoms with E-state index in [9.17, 15) is 13.2 Å². The van der Waals surface area contributed by atoms with Gasteiger partial charge >= 0.3 is 0 Å². The number of hydrogen-bond donors (Lipinski definition) is 0. The van der Waals surface area contributed by atoms with Crippen LogP contribution in [0.3, 0.4) is 0 Å². The van der Waals surface area contributed by atoms with E-state index in [0.29, 0.717) is 5.58 Å². The number of furan rings is 1. The Balaban J connectivity index is 1.90. The molecule has 0 aliphatic carbocycles. The lowest BCUT2D eigenvalue weighted by molar-refractivity contribution is 0.0992. The summed E-state index contributed by atoms with van der Waals surface area (Å²) in [6.45, 7) is 0. The third-order valence-electron chi connectivity index (χ3n) is 3.18. The van der Waals surface area contributed by atoms with Crippen LogP contribution in [0.5, 0.6) is 0 Å². The molecular weight excluding hydrogens is 368 g/mol. The van der Waals surface area contributed by atoms with E-state index >= 15 is 0 Å². The van der Waals surface area contributed by atoms with Gasteiger partial charge in [-0.05, 0) is 36.4 Å². The summed E-state index contributed by atoms with van der Waals surface area (Å²) >= 11 is 3.34. The minimum Gasteiger partial charge on any atom is -0.453 e. The fourth-order valence-corrected chi connectivity index (χ4v) is 3.71. The zero-order valence-corrected chi connectivity index (χ0v) is 13.7. The van der Waals surface area contributed by atoms with Crippen molar-refractivity contribution in [3.63, 3.8) is 0 Å². The second kappa shape index (κ2) is 5.70. The maximum absolute atomic E-state index is 12.2. The summed E-state index contributed by atoms with van der Waals surface area (Å²) in [4.78, 5) is 12.3. The molecule has 22 heavy (non-hydrogen) atoms. The van der Waals surface area contributed by atoms with Gasteiger partial charge in [0.1, 0.15) is 11.3 Å². The van der Waals surface area contributed by atoms with Gasteiger partial charge in [0.05, 0.1) is 4.90 Å². The third-order valence-corrected chi connectivity index (χ3v) is 5.30. The highest BCUT2D eigenvalue weighted by atomic mass is 79.9.